The van der Waals surface area contributed by atoms with Crippen LogP contribution in [0.1, 0.15) is 16.8 Å². The van der Waals surface area contributed by atoms with Crippen LogP contribution >= 0.6 is 24.8 Å². The van der Waals surface area contributed by atoms with Gasteiger partial charge in [0, 0.05) is 48.4 Å². The fourth-order valence-corrected chi connectivity index (χ4v) is 3.80. The molecule has 0 spiro atoms. The molecule has 2 N–H and O–H groups in total. The van der Waals surface area contributed by atoms with Crippen LogP contribution in [0.5, 0.6) is 5.75 Å². The summed E-state index contributed by atoms with van der Waals surface area (Å²) >= 11 is 0. The van der Waals surface area contributed by atoms with Gasteiger partial charge in [0.05, 0.1) is 5.69 Å². The van der Waals surface area contributed by atoms with E-state index in [1.807, 2.05) is 48.5 Å². The Morgan fingerprint density at radius 3 is 2.63 bits per heavy atom. The molecule has 156 valence electrons. The van der Waals surface area contributed by atoms with Crippen LogP contribution in [0.15, 0.2) is 71.7 Å². The second-order valence-electron chi connectivity index (χ2n) is 7.08. The van der Waals surface area contributed by atoms with Crippen LogP contribution < -0.4 is 15.6 Å². The normalized spacial score (nSPS) is 12.5. The number of hydrogen-bond acceptors (Lipinski definition) is 3. The van der Waals surface area contributed by atoms with Crippen molar-refractivity contribution in [3.05, 3.63) is 94.0 Å². The molecule has 0 fully saturated rings. The van der Waals surface area contributed by atoms with Gasteiger partial charge >= 0.3 is 0 Å². The largest absolute Gasteiger partial charge is 0.489 e. The summed E-state index contributed by atoms with van der Waals surface area (Å²) in [5.74, 6) is 0.576. The number of halogens is 2. The summed E-state index contributed by atoms with van der Waals surface area (Å²) in [7, 11) is 0. The Morgan fingerprint density at radius 2 is 1.83 bits per heavy atom. The topological polar surface area (TPSA) is 59.0 Å². The van der Waals surface area contributed by atoms with Gasteiger partial charge in [-0.15, -0.1) is 24.8 Å². The first-order chi connectivity index (χ1) is 13.8. The van der Waals surface area contributed by atoms with E-state index >= 15 is 0 Å². The van der Waals surface area contributed by atoms with Gasteiger partial charge in [-0.2, -0.15) is 0 Å². The lowest BCUT2D eigenvalue weighted by atomic mass is 10.1. The Hall–Kier alpha value is -2.73. The van der Waals surface area contributed by atoms with Crippen molar-refractivity contribution in [2.75, 3.05) is 6.54 Å². The summed E-state index contributed by atoms with van der Waals surface area (Å²) in [6, 6.07) is 19.4. The second kappa shape index (κ2) is 9.39. The van der Waals surface area contributed by atoms with E-state index in [0.29, 0.717) is 12.4 Å². The molecule has 0 amide bonds. The third kappa shape index (κ3) is 4.24. The number of rotatable bonds is 4. The van der Waals surface area contributed by atoms with Crippen LogP contribution in [-0.4, -0.2) is 16.1 Å². The zero-order chi connectivity index (χ0) is 18.9. The van der Waals surface area contributed by atoms with Gasteiger partial charge in [0.2, 0.25) is 0 Å². The monoisotopic (exact) mass is 443 g/mol. The van der Waals surface area contributed by atoms with Crippen molar-refractivity contribution >= 4 is 35.7 Å². The lowest BCUT2D eigenvalue weighted by Gasteiger charge is -2.12. The minimum Gasteiger partial charge on any atom is -0.489 e. The number of H-pyrrole nitrogens is 1. The number of benzene rings is 2. The quantitative estimate of drug-likeness (QED) is 0.491. The third-order valence-corrected chi connectivity index (χ3v) is 5.25. The molecule has 0 saturated carbocycles. The lowest BCUT2D eigenvalue weighted by Crippen LogP contribution is -2.22. The van der Waals surface area contributed by atoms with Crippen molar-refractivity contribution in [1.82, 2.24) is 14.9 Å². The highest BCUT2D eigenvalue weighted by Crippen LogP contribution is 2.26. The number of hydrogen-bond donors (Lipinski definition) is 2. The summed E-state index contributed by atoms with van der Waals surface area (Å²) in [6.45, 7) is 2.33. The molecule has 1 aliphatic heterocycles. The fraction of sp³-hybridized carbons (Fsp3) is 0.174. The number of aromatic amines is 1. The smallest absolute Gasteiger partial charge is 0.258 e. The number of nitrogens with one attached hydrogen (secondary N) is 2. The Balaban J connectivity index is 0.00000128. The molecular weight excluding hydrogens is 421 g/mol. The zero-order valence-electron chi connectivity index (χ0n) is 16.3. The molecule has 0 aliphatic carbocycles. The van der Waals surface area contributed by atoms with Crippen LogP contribution in [-0.2, 0) is 19.6 Å². The van der Waals surface area contributed by atoms with E-state index in [-0.39, 0.29) is 30.4 Å². The van der Waals surface area contributed by atoms with E-state index in [9.17, 15) is 4.79 Å². The van der Waals surface area contributed by atoms with Gasteiger partial charge in [0.1, 0.15) is 12.4 Å². The van der Waals surface area contributed by atoms with Crippen LogP contribution in [0, 0.1) is 0 Å². The van der Waals surface area contributed by atoms with Crippen molar-refractivity contribution in [3.8, 4) is 11.4 Å². The highest BCUT2D eigenvalue weighted by molar-refractivity contribution is 5.86. The highest BCUT2D eigenvalue weighted by atomic mass is 35.5. The first-order valence-electron chi connectivity index (χ1n) is 9.52. The van der Waals surface area contributed by atoms with Crippen molar-refractivity contribution in [2.24, 2.45) is 0 Å². The number of ether oxygens (including phenoxy) is 1. The molecule has 4 aromatic rings. The van der Waals surface area contributed by atoms with Gasteiger partial charge in [-0.1, -0.05) is 36.4 Å². The first kappa shape index (κ1) is 22.0. The number of nitrogens with zero attached hydrogens (tertiary/aromatic N) is 1. The van der Waals surface area contributed by atoms with Crippen LogP contribution in [0.3, 0.4) is 0 Å². The van der Waals surface area contributed by atoms with Gasteiger partial charge in [-0.3, -0.25) is 9.36 Å². The van der Waals surface area contributed by atoms with E-state index in [4.69, 9.17) is 4.74 Å². The molecule has 5 nitrogen and oxygen atoms in total. The van der Waals surface area contributed by atoms with Gasteiger partial charge in [-0.05, 0) is 29.3 Å². The second-order valence-corrected chi connectivity index (χ2v) is 7.08. The van der Waals surface area contributed by atoms with Gasteiger partial charge in [0.25, 0.3) is 5.56 Å². The molecule has 2 aromatic heterocycles. The van der Waals surface area contributed by atoms with Crippen molar-refractivity contribution in [1.29, 1.82) is 0 Å². The molecule has 2 aromatic carbocycles. The number of pyridine rings is 1. The maximum atomic E-state index is 12.6. The predicted octanol–water partition coefficient (Wildman–Crippen LogP) is 4.39. The molecule has 0 atom stereocenters. The average molecular weight is 444 g/mol. The molecular formula is C23H23Cl2N3O2. The maximum absolute atomic E-state index is 12.6. The van der Waals surface area contributed by atoms with E-state index in [1.165, 1.54) is 22.7 Å². The molecule has 0 bridgehead atoms. The number of aromatic nitrogens is 2. The average Bonchev–Trinajstić information content (AvgIpc) is 3.11. The lowest BCUT2D eigenvalue weighted by molar-refractivity contribution is 0.305. The molecule has 0 saturated heterocycles. The van der Waals surface area contributed by atoms with E-state index in [0.717, 1.165) is 36.3 Å². The Labute approximate surface area is 186 Å². The Kier molecular flexibility index (Phi) is 6.87. The third-order valence-electron chi connectivity index (χ3n) is 5.25. The van der Waals surface area contributed by atoms with Crippen molar-refractivity contribution < 1.29 is 4.74 Å². The van der Waals surface area contributed by atoms with Gasteiger partial charge in [-0.25, -0.2) is 0 Å². The Morgan fingerprint density at radius 1 is 1.00 bits per heavy atom. The molecule has 1 aliphatic rings. The predicted molar refractivity (Wildman–Crippen MR) is 125 cm³/mol. The summed E-state index contributed by atoms with van der Waals surface area (Å²) < 4.78 is 7.41. The minimum atomic E-state index is -0.108. The summed E-state index contributed by atoms with van der Waals surface area (Å²) in [4.78, 5) is 16.2. The molecule has 5 rings (SSSR count). The highest BCUT2D eigenvalue weighted by Gasteiger charge is 2.15. The fourth-order valence-electron chi connectivity index (χ4n) is 3.80. The first-order valence-corrected chi connectivity index (χ1v) is 9.52. The summed E-state index contributed by atoms with van der Waals surface area (Å²) in [6.07, 6.45) is 2.78. The van der Waals surface area contributed by atoms with Crippen LogP contribution in [0.25, 0.3) is 16.6 Å². The summed E-state index contributed by atoms with van der Waals surface area (Å²) in [5, 5.41) is 4.64. The van der Waals surface area contributed by atoms with Gasteiger partial charge in [0.15, 0.2) is 0 Å². The Bertz CT molecular complexity index is 1200. The molecule has 30 heavy (non-hydrogen) atoms. The van der Waals surface area contributed by atoms with E-state index < -0.39 is 0 Å². The molecule has 7 heteroatoms. The van der Waals surface area contributed by atoms with Crippen LogP contribution in [0.4, 0.5) is 0 Å². The SMILES string of the molecule is Cl.Cl.O=c1cc(OCc2ccccc2)ccn1-c1ccc2c3c([nH]c2c1)CCNC3. The molecule has 0 unspecified atom stereocenters. The van der Waals surface area contributed by atoms with Crippen LogP contribution in [0.2, 0.25) is 0 Å². The molecule has 3 heterocycles. The van der Waals surface area contributed by atoms with E-state index in [1.54, 1.807) is 10.8 Å². The van der Waals surface area contributed by atoms with Crippen molar-refractivity contribution in [3.63, 3.8) is 0 Å². The molecule has 0 radical (unpaired) electrons. The maximum Gasteiger partial charge on any atom is 0.258 e. The minimum absolute atomic E-state index is 0. The number of fused-ring (bicyclic) bond motifs is 3. The zero-order valence-corrected chi connectivity index (χ0v) is 17.9. The van der Waals surface area contributed by atoms with Crippen molar-refractivity contribution in [2.45, 2.75) is 19.6 Å². The van der Waals surface area contributed by atoms with Gasteiger partial charge < -0.3 is 15.0 Å². The van der Waals surface area contributed by atoms with E-state index in [2.05, 4.69) is 16.4 Å². The summed E-state index contributed by atoms with van der Waals surface area (Å²) in [5.41, 5.74) is 5.51. The standard InChI is InChI=1S/C23H21N3O2.2ClH/c27-23-13-18(28-15-16-4-2-1-3-5-16)9-11-26(23)17-6-7-19-20-14-24-10-8-21(20)25-22(19)12-17;;/h1-7,9,11-13,24-25H,8,10,14-15H2;2*1H.